The van der Waals surface area contributed by atoms with Crippen molar-refractivity contribution in [2.75, 3.05) is 16.8 Å². The van der Waals surface area contributed by atoms with Gasteiger partial charge in [0.2, 0.25) is 11.8 Å². The summed E-state index contributed by atoms with van der Waals surface area (Å²) in [5.74, 6) is -0.334. The summed E-state index contributed by atoms with van der Waals surface area (Å²) in [6.45, 7) is 3.82. The average Bonchev–Trinajstić information content (AvgIpc) is 3.15. The van der Waals surface area contributed by atoms with E-state index in [-0.39, 0.29) is 23.9 Å². The minimum absolute atomic E-state index is 0.134. The molecule has 30 heavy (non-hydrogen) atoms. The molecule has 0 atom stereocenters. The van der Waals surface area contributed by atoms with Crippen LogP contribution in [0.4, 0.5) is 11.4 Å². The molecule has 7 nitrogen and oxygen atoms in total. The van der Waals surface area contributed by atoms with Crippen molar-refractivity contribution in [3.63, 3.8) is 0 Å². The maximum Gasteiger partial charge on any atom is 0.267 e. The molecule has 1 aliphatic rings. The van der Waals surface area contributed by atoms with E-state index in [2.05, 4.69) is 10.4 Å². The van der Waals surface area contributed by atoms with Crippen molar-refractivity contribution >= 4 is 23.2 Å². The smallest absolute Gasteiger partial charge is 0.267 e. The van der Waals surface area contributed by atoms with Crippen LogP contribution < -0.4 is 15.8 Å². The number of hydrogen-bond donors (Lipinski definition) is 1. The Hall–Kier alpha value is -3.74. The van der Waals surface area contributed by atoms with E-state index in [0.717, 1.165) is 28.8 Å². The molecular formula is C23H22N4O3. The second-order valence-corrected chi connectivity index (χ2v) is 7.35. The summed E-state index contributed by atoms with van der Waals surface area (Å²) >= 11 is 0. The normalized spacial score (nSPS) is 12.5. The van der Waals surface area contributed by atoms with Crippen molar-refractivity contribution in [3.8, 4) is 11.3 Å². The van der Waals surface area contributed by atoms with Gasteiger partial charge in [-0.1, -0.05) is 30.3 Å². The largest absolute Gasteiger partial charge is 0.326 e. The highest BCUT2D eigenvalue weighted by molar-refractivity contribution is 5.95. The monoisotopic (exact) mass is 402 g/mol. The third-order valence-corrected chi connectivity index (χ3v) is 5.18. The van der Waals surface area contributed by atoms with E-state index in [0.29, 0.717) is 17.9 Å². The number of amides is 2. The summed E-state index contributed by atoms with van der Waals surface area (Å²) < 4.78 is 1.19. The van der Waals surface area contributed by atoms with Gasteiger partial charge in [0.05, 0.1) is 5.69 Å². The fraction of sp³-hybridized carbons (Fsp3) is 0.217. The maximum absolute atomic E-state index is 12.9. The molecule has 1 aromatic heterocycles. The van der Waals surface area contributed by atoms with Crippen LogP contribution >= 0.6 is 0 Å². The lowest BCUT2D eigenvalue weighted by atomic mass is 10.1. The molecule has 1 N–H and O–H groups in total. The minimum Gasteiger partial charge on any atom is -0.326 e. The summed E-state index contributed by atoms with van der Waals surface area (Å²) in [6, 6.07) is 16.4. The minimum atomic E-state index is -0.339. The van der Waals surface area contributed by atoms with Crippen molar-refractivity contribution in [2.24, 2.45) is 0 Å². The van der Waals surface area contributed by atoms with Gasteiger partial charge in [0.15, 0.2) is 0 Å². The van der Waals surface area contributed by atoms with Crippen molar-refractivity contribution in [3.05, 3.63) is 76.1 Å². The summed E-state index contributed by atoms with van der Waals surface area (Å²) in [7, 11) is 0. The Balaban J connectivity index is 1.61. The number of aryl methyl sites for hydroxylation is 1. The van der Waals surface area contributed by atoms with Gasteiger partial charge in [-0.25, -0.2) is 4.68 Å². The predicted octanol–water partition coefficient (Wildman–Crippen LogP) is 2.77. The van der Waals surface area contributed by atoms with Gasteiger partial charge < -0.3 is 10.2 Å². The Kier molecular flexibility index (Phi) is 5.18. The summed E-state index contributed by atoms with van der Waals surface area (Å²) in [5, 5.41) is 7.20. The molecule has 0 bridgehead atoms. The van der Waals surface area contributed by atoms with Crippen LogP contribution in [0.5, 0.6) is 0 Å². The van der Waals surface area contributed by atoms with Crippen LogP contribution in [0.2, 0.25) is 0 Å². The number of nitrogens with zero attached hydrogens (tertiary/aromatic N) is 3. The quantitative estimate of drug-likeness (QED) is 0.727. The van der Waals surface area contributed by atoms with E-state index in [1.54, 1.807) is 11.0 Å². The molecule has 4 rings (SSSR count). The van der Waals surface area contributed by atoms with Crippen molar-refractivity contribution in [1.82, 2.24) is 9.78 Å². The third kappa shape index (κ3) is 3.87. The van der Waals surface area contributed by atoms with Crippen LogP contribution in [-0.2, 0) is 22.6 Å². The molecule has 0 aliphatic carbocycles. The lowest BCUT2D eigenvalue weighted by Gasteiger charge is -2.18. The van der Waals surface area contributed by atoms with Crippen LogP contribution in [0.15, 0.2) is 59.4 Å². The zero-order valence-corrected chi connectivity index (χ0v) is 16.9. The van der Waals surface area contributed by atoms with Gasteiger partial charge in [-0.15, -0.1) is 0 Å². The number of rotatable bonds is 4. The van der Waals surface area contributed by atoms with Crippen LogP contribution in [0.25, 0.3) is 11.3 Å². The van der Waals surface area contributed by atoms with Crippen molar-refractivity contribution < 1.29 is 9.59 Å². The molecule has 2 aromatic carbocycles. The maximum atomic E-state index is 12.9. The molecule has 152 valence electrons. The SMILES string of the molecule is CC(=O)Nc1cc(-c2ccc(=O)n(CC(=O)N3CCc4ccccc43)n2)ccc1C. The lowest BCUT2D eigenvalue weighted by molar-refractivity contribution is -0.119. The van der Waals surface area contributed by atoms with E-state index in [9.17, 15) is 14.4 Å². The number of anilines is 2. The second kappa shape index (κ2) is 7.94. The molecular weight excluding hydrogens is 380 g/mol. The highest BCUT2D eigenvalue weighted by atomic mass is 16.2. The molecule has 3 aromatic rings. The molecule has 0 spiro atoms. The molecule has 2 amide bonds. The van der Waals surface area contributed by atoms with Crippen LogP contribution in [0, 0.1) is 6.92 Å². The zero-order chi connectivity index (χ0) is 21.3. The number of nitrogens with one attached hydrogen (secondary N) is 1. The first-order valence-electron chi connectivity index (χ1n) is 9.77. The number of hydrogen-bond acceptors (Lipinski definition) is 4. The molecule has 7 heteroatoms. The first-order valence-corrected chi connectivity index (χ1v) is 9.77. The Morgan fingerprint density at radius 2 is 1.90 bits per heavy atom. The molecule has 0 unspecified atom stereocenters. The van der Waals surface area contributed by atoms with Gasteiger partial charge in [0.1, 0.15) is 6.54 Å². The van der Waals surface area contributed by atoms with E-state index in [4.69, 9.17) is 0 Å². The Bertz CT molecular complexity index is 1200. The highest BCUT2D eigenvalue weighted by Crippen LogP contribution is 2.27. The van der Waals surface area contributed by atoms with Crippen LogP contribution in [0.3, 0.4) is 0 Å². The van der Waals surface area contributed by atoms with Crippen LogP contribution in [-0.4, -0.2) is 28.1 Å². The molecule has 0 radical (unpaired) electrons. The highest BCUT2D eigenvalue weighted by Gasteiger charge is 2.24. The van der Waals surface area contributed by atoms with Gasteiger partial charge >= 0.3 is 0 Å². The predicted molar refractivity (Wildman–Crippen MR) is 115 cm³/mol. The fourth-order valence-corrected chi connectivity index (χ4v) is 3.63. The number of benzene rings is 2. The van der Waals surface area contributed by atoms with Crippen molar-refractivity contribution in [1.29, 1.82) is 0 Å². The standard InChI is InChI=1S/C23H22N4O3/c1-15-7-8-18(13-20(15)24-16(2)28)19-9-10-22(29)27(25-19)14-23(30)26-12-11-17-5-3-4-6-21(17)26/h3-10,13H,11-12,14H2,1-2H3,(H,24,28). The summed E-state index contributed by atoms with van der Waals surface area (Å²) in [4.78, 5) is 38.4. The van der Waals surface area contributed by atoms with Gasteiger partial charge in [-0.2, -0.15) is 5.10 Å². The fourth-order valence-electron chi connectivity index (χ4n) is 3.63. The number of carbonyl (C=O) groups excluding carboxylic acids is 2. The molecule has 1 aliphatic heterocycles. The zero-order valence-electron chi connectivity index (χ0n) is 16.9. The van der Waals surface area contributed by atoms with Gasteiger partial charge in [-0.05, 0) is 42.7 Å². The third-order valence-electron chi connectivity index (χ3n) is 5.18. The number of carbonyl (C=O) groups is 2. The molecule has 0 fully saturated rings. The van der Waals surface area contributed by atoms with E-state index >= 15 is 0 Å². The number of aromatic nitrogens is 2. The van der Waals surface area contributed by atoms with Gasteiger partial charge in [0.25, 0.3) is 5.56 Å². The summed E-state index contributed by atoms with van der Waals surface area (Å²) in [5.41, 5.74) is 4.59. The molecule has 0 saturated carbocycles. The molecule has 2 heterocycles. The lowest BCUT2D eigenvalue weighted by Crippen LogP contribution is -2.36. The van der Waals surface area contributed by atoms with Crippen molar-refractivity contribution in [2.45, 2.75) is 26.8 Å². The van der Waals surface area contributed by atoms with Crippen LogP contribution in [0.1, 0.15) is 18.1 Å². The van der Waals surface area contributed by atoms with E-state index in [1.165, 1.54) is 17.7 Å². The first-order chi connectivity index (χ1) is 14.4. The first kappa shape index (κ1) is 19.6. The Morgan fingerprint density at radius 1 is 1.10 bits per heavy atom. The second-order valence-electron chi connectivity index (χ2n) is 7.35. The van der Waals surface area contributed by atoms with Gasteiger partial charge in [0, 0.05) is 36.5 Å². The van der Waals surface area contributed by atoms with E-state index < -0.39 is 0 Å². The number of fused-ring (bicyclic) bond motifs is 1. The summed E-state index contributed by atoms with van der Waals surface area (Å²) in [6.07, 6.45) is 0.805. The topological polar surface area (TPSA) is 84.3 Å². The Morgan fingerprint density at radius 3 is 2.70 bits per heavy atom. The van der Waals surface area contributed by atoms with E-state index in [1.807, 2.05) is 49.4 Å². The molecule has 0 saturated heterocycles. The number of para-hydroxylation sites is 1. The average molecular weight is 402 g/mol. The Labute approximate surface area is 174 Å². The van der Waals surface area contributed by atoms with Gasteiger partial charge in [-0.3, -0.25) is 14.4 Å².